The molecule has 5 aromatic rings. The molecule has 378 valence electrons. The molecule has 0 saturated carbocycles. The Labute approximate surface area is 421 Å². The van der Waals surface area contributed by atoms with Crippen LogP contribution in [0, 0.1) is 5.92 Å². The number of ether oxygens (including phenoxy) is 1. The molecule has 14 nitrogen and oxygen atoms in total. The molecule has 2 heterocycles. The molecule has 5 aromatic carbocycles. The SMILES string of the molecule is COP(=O)(O)O[C@@H](c1ccccc1-c1ccc(Cl)cc1)C1CCN(c2ccc(C(=O)NS(=O)(=O)c3ccc(N[C@H](CCN4CCOCC4)CSc4ccccc4)c(S(=O)(=O)C(F)(F)F)c3)cc2)CC1.Cl. The Morgan fingerprint density at radius 2 is 1.54 bits per heavy atom. The second kappa shape index (κ2) is 24.0. The Kier molecular flexibility index (Phi) is 18.9. The number of amides is 1. The molecule has 0 radical (unpaired) electrons. The number of halogens is 5. The number of sulfone groups is 1. The zero-order valence-corrected chi connectivity index (χ0v) is 42.6. The molecule has 2 aliphatic rings. The fourth-order valence-electron chi connectivity index (χ4n) is 8.17. The van der Waals surface area contributed by atoms with Crippen molar-refractivity contribution in [2.45, 2.75) is 51.6 Å². The lowest BCUT2D eigenvalue weighted by Gasteiger charge is -2.38. The van der Waals surface area contributed by atoms with E-state index in [1.54, 1.807) is 24.3 Å². The molecule has 0 aliphatic carbocycles. The number of nitrogens with one attached hydrogen (secondary N) is 2. The summed E-state index contributed by atoms with van der Waals surface area (Å²) >= 11 is 7.57. The van der Waals surface area contributed by atoms with Gasteiger partial charge in [-0.1, -0.05) is 66.2 Å². The minimum atomic E-state index is -6.10. The van der Waals surface area contributed by atoms with Crippen LogP contribution in [-0.2, 0) is 38.2 Å². The molecule has 7 rings (SSSR count). The maximum absolute atomic E-state index is 14.2. The van der Waals surface area contributed by atoms with E-state index in [2.05, 4.69) is 10.2 Å². The minimum Gasteiger partial charge on any atom is -0.380 e. The first-order valence-corrected chi connectivity index (χ1v) is 27.7. The zero-order valence-electron chi connectivity index (χ0n) is 37.7. The summed E-state index contributed by atoms with van der Waals surface area (Å²) < 4.78 is 127. The number of rotatable bonds is 19. The van der Waals surface area contributed by atoms with E-state index in [1.165, 1.54) is 23.9 Å². The first kappa shape index (κ1) is 55.1. The second-order valence-electron chi connectivity index (χ2n) is 16.4. The van der Waals surface area contributed by atoms with Crippen LogP contribution in [0.25, 0.3) is 11.1 Å². The number of hydrogen-bond acceptors (Lipinski definition) is 13. The normalized spacial score (nSPS) is 16.9. The van der Waals surface area contributed by atoms with Gasteiger partial charge in [-0.15, -0.1) is 24.2 Å². The van der Waals surface area contributed by atoms with E-state index >= 15 is 0 Å². The highest BCUT2D eigenvalue weighted by atomic mass is 35.5. The van der Waals surface area contributed by atoms with Crippen molar-refractivity contribution < 1.29 is 58.0 Å². The van der Waals surface area contributed by atoms with Gasteiger partial charge in [-0.25, -0.2) is 26.1 Å². The number of sulfonamides is 1. The summed E-state index contributed by atoms with van der Waals surface area (Å²) in [6.07, 6.45) is 0.627. The van der Waals surface area contributed by atoms with E-state index in [0.717, 1.165) is 35.3 Å². The molecule has 0 bridgehead atoms. The van der Waals surface area contributed by atoms with Crippen molar-refractivity contribution in [2.24, 2.45) is 5.92 Å². The third kappa shape index (κ3) is 14.1. The van der Waals surface area contributed by atoms with E-state index in [-0.39, 0.29) is 23.9 Å². The number of anilines is 2. The van der Waals surface area contributed by atoms with Gasteiger partial charge in [0.1, 0.15) is 4.90 Å². The maximum atomic E-state index is 14.2. The molecule has 2 aliphatic heterocycles. The van der Waals surface area contributed by atoms with Crippen LogP contribution < -0.4 is 14.9 Å². The number of carbonyl (C=O) groups is 1. The van der Waals surface area contributed by atoms with Gasteiger partial charge in [0.15, 0.2) is 0 Å². The quantitative estimate of drug-likeness (QED) is 0.0525. The number of alkyl halides is 3. The van der Waals surface area contributed by atoms with Crippen molar-refractivity contribution in [1.29, 1.82) is 0 Å². The minimum absolute atomic E-state index is 0. The molecule has 1 amide bonds. The summed E-state index contributed by atoms with van der Waals surface area (Å²) in [7, 11) is -14.4. The van der Waals surface area contributed by atoms with Crippen molar-refractivity contribution >= 4 is 80.7 Å². The smallest absolute Gasteiger partial charge is 0.380 e. The van der Waals surface area contributed by atoms with E-state index in [4.69, 9.17) is 25.4 Å². The molecule has 1 unspecified atom stereocenters. The van der Waals surface area contributed by atoms with Crippen LogP contribution in [0.2, 0.25) is 5.02 Å². The van der Waals surface area contributed by atoms with Crippen molar-refractivity contribution in [1.82, 2.24) is 9.62 Å². The van der Waals surface area contributed by atoms with E-state index in [9.17, 15) is 44.3 Å². The summed E-state index contributed by atoms with van der Waals surface area (Å²) in [5.74, 6) is -0.986. The Morgan fingerprint density at radius 1 is 0.900 bits per heavy atom. The largest absolute Gasteiger partial charge is 0.501 e. The fourth-order valence-corrected chi connectivity index (χ4v) is 12.0. The van der Waals surface area contributed by atoms with Gasteiger partial charge in [-0.3, -0.25) is 18.7 Å². The van der Waals surface area contributed by atoms with Gasteiger partial charge < -0.3 is 19.8 Å². The lowest BCUT2D eigenvalue weighted by atomic mass is 9.84. The summed E-state index contributed by atoms with van der Waals surface area (Å²) in [6, 6.07) is 31.7. The van der Waals surface area contributed by atoms with Gasteiger partial charge in [0.05, 0.1) is 29.9 Å². The average molecular weight is 1090 g/mol. The molecular formula is C47H52Cl2F3N4O10PS3. The Hall–Kier alpha value is -4.18. The predicted octanol–water partition coefficient (Wildman–Crippen LogP) is 9.86. The number of morpholine rings is 1. The first-order valence-electron chi connectivity index (χ1n) is 21.9. The number of benzene rings is 5. The summed E-state index contributed by atoms with van der Waals surface area (Å²) in [5.41, 5.74) is -3.30. The highest BCUT2D eigenvalue weighted by Crippen LogP contribution is 2.52. The van der Waals surface area contributed by atoms with Gasteiger partial charge in [0.2, 0.25) is 0 Å². The van der Waals surface area contributed by atoms with Crippen molar-refractivity contribution in [3.63, 3.8) is 0 Å². The molecule has 23 heteroatoms. The third-order valence-corrected chi connectivity index (χ3v) is 17.1. The number of thioether (sulfide) groups is 1. The maximum Gasteiger partial charge on any atom is 0.501 e. The zero-order chi connectivity index (χ0) is 49.4. The van der Waals surface area contributed by atoms with Crippen molar-refractivity contribution in [2.75, 3.05) is 69.0 Å². The number of carbonyl (C=O) groups excluding carboxylic acids is 1. The molecule has 2 saturated heterocycles. The van der Waals surface area contributed by atoms with Gasteiger partial charge in [0.25, 0.3) is 25.8 Å². The van der Waals surface area contributed by atoms with Crippen LogP contribution in [0.5, 0.6) is 0 Å². The van der Waals surface area contributed by atoms with E-state index < -0.39 is 66.7 Å². The fraction of sp³-hybridized carbons (Fsp3) is 0.340. The van der Waals surface area contributed by atoms with Crippen LogP contribution in [0.15, 0.2) is 136 Å². The molecule has 0 spiro atoms. The number of piperidine rings is 1. The summed E-state index contributed by atoms with van der Waals surface area (Å²) in [6.45, 7) is 3.86. The lowest BCUT2D eigenvalue weighted by molar-refractivity contribution is -0.0436. The average Bonchev–Trinajstić information content (AvgIpc) is 3.34. The topological polar surface area (TPSA) is 181 Å². The molecule has 3 atom stereocenters. The van der Waals surface area contributed by atoms with Gasteiger partial charge in [-0.2, -0.15) is 13.2 Å². The van der Waals surface area contributed by atoms with Gasteiger partial charge in [0, 0.05) is 72.8 Å². The lowest BCUT2D eigenvalue weighted by Crippen LogP contribution is -2.39. The second-order valence-corrected chi connectivity index (χ2v) is 23.0. The number of phosphoric ester groups is 1. The van der Waals surface area contributed by atoms with E-state index in [0.29, 0.717) is 93.3 Å². The van der Waals surface area contributed by atoms with E-state index in [1.807, 2.05) is 76.4 Å². The first-order chi connectivity index (χ1) is 32.8. The molecule has 3 N–H and O–H groups in total. The monoisotopic (exact) mass is 1090 g/mol. The van der Waals surface area contributed by atoms with Crippen molar-refractivity contribution in [3.8, 4) is 11.1 Å². The van der Waals surface area contributed by atoms with Crippen LogP contribution >= 0.6 is 43.6 Å². The highest BCUT2D eigenvalue weighted by molar-refractivity contribution is 7.99. The van der Waals surface area contributed by atoms with Crippen LogP contribution in [0.4, 0.5) is 24.5 Å². The predicted molar refractivity (Wildman–Crippen MR) is 267 cm³/mol. The van der Waals surface area contributed by atoms with Gasteiger partial charge in [-0.05, 0) is 109 Å². The van der Waals surface area contributed by atoms with Crippen LogP contribution in [0.3, 0.4) is 0 Å². The molecule has 70 heavy (non-hydrogen) atoms. The van der Waals surface area contributed by atoms with Gasteiger partial charge >= 0.3 is 13.3 Å². The number of nitrogens with zero attached hydrogens (tertiary/aromatic N) is 2. The number of phosphoric acid groups is 1. The summed E-state index contributed by atoms with van der Waals surface area (Å²) in [4.78, 5) is 26.8. The van der Waals surface area contributed by atoms with Crippen LogP contribution in [0.1, 0.15) is 41.3 Å². The Balaban J connectivity index is 0.00000804. The number of hydrogen-bond donors (Lipinski definition) is 3. The standard InChI is InChI=1S/C47H51ClF3N4O10PS3.ClH/c1-63-66(57,58)65-45(42-10-6-5-9-41(42)33-11-15-36(48)16-12-33)34-21-25-55(26-22-34)38-17-13-35(14-18-38)46(56)53-69(61,62)40-19-20-43(44(31-40)68(59,60)47(49,50)51)52-37(23-24-54-27-29-64-30-28-54)32-67-39-7-3-2-4-8-39;/h2-20,31,34,37,45,52H,21-30,32H2,1H3,(H,53,56)(H,57,58);1H/t37-,45-;/m1./s1. The highest BCUT2D eigenvalue weighted by Gasteiger charge is 2.48. The third-order valence-electron chi connectivity index (χ3n) is 11.9. The summed E-state index contributed by atoms with van der Waals surface area (Å²) in [5, 5.41) is 3.52. The molecule has 0 aromatic heterocycles. The van der Waals surface area contributed by atoms with Crippen LogP contribution in [-0.4, -0.2) is 103 Å². The Morgan fingerprint density at radius 3 is 2.19 bits per heavy atom. The van der Waals surface area contributed by atoms with Crippen molar-refractivity contribution in [3.05, 3.63) is 137 Å². The Bertz CT molecular complexity index is 2830. The molecular weight excluding hydrogens is 1040 g/mol. The molecule has 2 fully saturated rings.